The van der Waals surface area contributed by atoms with Crippen LogP contribution in [0, 0.1) is 0 Å². The van der Waals surface area contributed by atoms with E-state index in [9.17, 15) is 19.2 Å². The number of carbonyl (C=O) groups is 4. The fraction of sp³-hybridized carbons (Fsp3) is 0. The summed E-state index contributed by atoms with van der Waals surface area (Å²) in [5.41, 5.74) is 11.8. The second kappa shape index (κ2) is 13.7. The van der Waals surface area contributed by atoms with Crippen molar-refractivity contribution in [1.29, 1.82) is 0 Å². The number of urea groups is 2. The van der Waals surface area contributed by atoms with Crippen LogP contribution in [0.4, 0.5) is 32.3 Å². The predicted molar refractivity (Wildman–Crippen MR) is 158 cm³/mol. The van der Waals surface area contributed by atoms with E-state index in [1.54, 1.807) is 97.1 Å². The molecule has 13 heteroatoms. The quantitative estimate of drug-likeness (QED) is 0.144. The van der Waals surface area contributed by atoms with Crippen LogP contribution in [0.3, 0.4) is 0 Å². The zero-order valence-electron chi connectivity index (χ0n) is 21.1. The zero-order chi connectivity index (χ0) is 29.2. The van der Waals surface area contributed by atoms with Crippen LogP contribution in [0.5, 0.6) is 0 Å². The molecule has 0 aliphatic heterocycles. The second-order valence-electron chi connectivity index (χ2n) is 8.33. The Kier molecular flexibility index (Phi) is 9.60. The van der Waals surface area contributed by atoms with E-state index in [1.807, 2.05) is 0 Å². The molecule has 0 radical (unpaired) electrons. The average molecular weight is 592 g/mol. The van der Waals surface area contributed by atoms with Crippen molar-refractivity contribution in [3.8, 4) is 0 Å². The van der Waals surface area contributed by atoms with Gasteiger partial charge in [0.1, 0.15) is 0 Å². The van der Waals surface area contributed by atoms with Gasteiger partial charge in [-0.3, -0.25) is 20.4 Å². The number of halogens is 2. The van der Waals surface area contributed by atoms with E-state index in [0.29, 0.717) is 32.8 Å². The Morgan fingerprint density at radius 3 is 1.49 bits per heavy atom. The summed E-state index contributed by atoms with van der Waals surface area (Å²) < 4.78 is 0. The Balaban J connectivity index is 1.28. The number of amides is 6. The van der Waals surface area contributed by atoms with Gasteiger partial charge in [-0.05, 0) is 84.9 Å². The van der Waals surface area contributed by atoms with Crippen LogP contribution in [-0.4, -0.2) is 23.9 Å². The van der Waals surface area contributed by atoms with Crippen LogP contribution >= 0.6 is 23.2 Å². The van der Waals surface area contributed by atoms with Gasteiger partial charge in [0.05, 0.1) is 11.3 Å². The van der Waals surface area contributed by atoms with Gasteiger partial charge in [0.15, 0.2) is 0 Å². The van der Waals surface area contributed by atoms with Gasteiger partial charge in [-0.15, -0.1) is 0 Å². The Bertz CT molecular complexity index is 1550. The SMILES string of the molecule is O=C(NNC(=O)c1ccc(Nc2ccccc2C(=O)NNC(=O)Nc2ccc(Cl)cc2)cc1)Nc1ccc(Cl)cc1. The fourth-order valence-electron chi connectivity index (χ4n) is 3.41. The van der Waals surface area contributed by atoms with Crippen LogP contribution in [0.2, 0.25) is 10.0 Å². The number of hydrogen-bond donors (Lipinski definition) is 7. The topological polar surface area (TPSA) is 152 Å². The number of hydrogen-bond acceptors (Lipinski definition) is 5. The van der Waals surface area contributed by atoms with E-state index in [2.05, 4.69) is 37.7 Å². The minimum absolute atomic E-state index is 0.261. The summed E-state index contributed by atoms with van der Waals surface area (Å²) >= 11 is 11.7. The first-order chi connectivity index (χ1) is 19.8. The molecule has 0 heterocycles. The van der Waals surface area contributed by atoms with Crippen LogP contribution in [0.25, 0.3) is 0 Å². The number of rotatable bonds is 6. The maximum absolute atomic E-state index is 12.7. The highest BCUT2D eigenvalue weighted by atomic mass is 35.5. The minimum Gasteiger partial charge on any atom is -0.355 e. The highest BCUT2D eigenvalue weighted by molar-refractivity contribution is 6.31. The maximum Gasteiger partial charge on any atom is 0.337 e. The van der Waals surface area contributed by atoms with Crippen molar-refractivity contribution >= 4 is 69.8 Å². The van der Waals surface area contributed by atoms with Crippen LogP contribution in [-0.2, 0) is 0 Å². The first-order valence-corrected chi connectivity index (χ1v) is 12.7. The molecule has 0 atom stereocenters. The maximum atomic E-state index is 12.7. The molecule has 208 valence electrons. The monoisotopic (exact) mass is 591 g/mol. The second-order valence-corrected chi connectivity index (χ2v) is 9.20. The first kappa shape index (κ1) is 28.7. The molecule has 11 nitrogen and oxygen atoms in total. The average Bonchev–Trinajstić information content (AvgIpc) is 2.98. The van der Waals surface area contributed by atoms with Gasteiger partial charge < -0.3 is 16.0 Å². The number of carbonyl (C=O) groups excluding carboxylic acids is 4. The lowest BCUT2D eigenvalue weighted by Crippen LogP contribution is -2.44. The molecule has 0 unspecified atom stereocenters. The highest BCUT2D eigenvalue weighted by Gasteiger charge is 2.13. The van der Waals surface area contributed by atoms with Crippen molar-refractivity contribution in [3.05, 3.63) is 118 Å². The lowest BCUT2D eigenvalue weighted by molar-refractivity contribution is 0.0931. The molecule has 6 amide bonds. The molecule has 4 aromatic carbocycles. The Labute approximate surface area is 244 Å². The van der Waals surface area contributed by atoms with Gasteiger partial charge in [-0.25, -0.2) is 20.4 Å². The van der Waals surface area contributed by atoms with Crippen molar-refractivity contribution in [3.63, 3.8) is 0 Å². The molecule has 7 N–H and O–H groups in total. The summed E-state index contributed by atoms with van der Waals surface area (Å²) in [5.74, 6) is -1.09. The standard InChI is InChI=1S/C28H23Cl2N7O4/c29-18-7-13-21(14-8-18)32-27(40)36-34-25(38)17-5-11-20(12-6-17)31-24-4-2-1-3-23(24)26(39)35-37-28(41)33-22-15-9-19(30)10-16-22/h1-16,31H,(H,34,38)(H,35,39)(H2,32,36,40)(H2,33,37,41). The van der Waals surface area contributed by atoms with Gasteiger partial charge >= 0.3 is 12.1 Å². The molecular weight excluding hydrogens is 569 g/mol. The number of anilines is 4. The highest BCUT2D eigenvalue weighted by Crippen LogP contribution is 2.21. The van der Waals surface area contributed by atoms with E-state index in [4.69, 9.17) is 23.2 Å². The third kappa shape index (κ3) is 8.62. The molecule has 4 rings (SSSR count). The normalized spacial score (nSPS) is 10.1. The third-order valence-corrected chi connectivity index (χ3v) is 5.89. The van der Waals surface area contributed by atoms with Gasteiger partial charge in [-0.2, -0.15) is 0 Å². The molecule has 0 aliphatic rings. The van der Waals surface area contributed by atoms with Crippen molar-refractivity contribution < 1.29 is 19.2 Å². The summed E-state index contributed by atoms with van der Waals surface area (Å²) in [6.07, 6.45) is 0. The molecule has 0 aliphatic carbocycles. The summed E-state index contributed by atoms with van der Waals surface area (Å²) in [6.45, 7) is 0. The van der Waals surface area contributed by atoms with Crippen LogP contribution < -0.4 is 37.7 Å². The van der Waals surface area contributed by atoms with E-state index in [0.717, 1.165) is 0 Å². The van der Waals surface area contributed by atoms with Crippen molar-refractivity contribution in [2.75, 3.05) is 16.0 Å². The molecule has 0 saturated heterocycles. The molecule has 0 saturated carbocycles. The zero-order valence-corrected chi connectivity index (χ0v) is 22.6. The molecule has 0 fully saturated rings. The smallest absolute Gasteiger partial charge is 0.337 e. The first-order valence-electron chi connectivity index (χ1n) is 12.0. The predicted octanol–water partition coefficient (Wildman–Crippen LogP) is 5.67. The largest absolute Gasteiger partial charge is 0.355 e. The van der Waals surface area contributed by atoms with E-state index >= 15 is 0 Å². The van der Waals surface area contributed by atoms with E-state index in [-0.39, 0.29) is 11.1 Å². The number of hydrazine groups is 2. The summed E-state index contributed by atoms with van der Waals surface area (Å²) in [4.78, 5) is 49.3. The number of para-hydroxylation sites is 1. The van der Waals surface area contributed by atoms with Crippen molar-refractivity contribution in [1.82, 2.24) is 21.7 Å². The lowest BCUT2D eigenvalue weighted by Gasteiger charge is -2.14. The number of benzene rings is 4. The molecule has 0 bridgehead atoms. The van der Waals surface area contributed by atoms with E-state index in [1.165, 1.54) is 0 Å². The van der Waals surface area contributed by atoms with E-state index < -0.39 is 23.9 Å². The Morgan fingerprint density at radius 2 is 0.951 bits per heavy atom. The number of nitrogens with one attached hydrogen (secondary N) is 7. The summed E-state index contributed by atoms with van der Waals surface area (Å²) in [5, 5.41) is 9.29. The third-order valence-electron chi connectivity index (χ3n) is 5.38. The van der Waals surface area contributed by atoms with Crippen molar-refractivity contribution in [2.24, 2.45) is 0 Å². The van der Waals surface area contributed by atoms with Gasteiger partial charge in [0, 0.05) is 32.7 Å². The van der Waals surface area contributed by atoms with Crippen LogP contribution in [0.1, 0.15) is 20.7 Å². The van der Waals surface area contributed by atoms with Gasteiger partial charge in [0.2, 0.25) is 0 Å². The lowest BCUT2D eigenvalue weighted by atomic mass is 10.1. The van der Waals surface area contributed by atoms with Gasteiger partial charge in [-0.1, -0.05) is 35.3 Å². The molecular formula is C28H23Cl2N7O4. The van der Waals surface area contributed by atoms with Crippen molar-refractivity contribution in [2.45, 2.75) is 0 Å². The van der Waals surface area contributed by atoms with Crippen LogP contribution in [0.15, 0.2) is 97.1 Å². The molecule has 41 heavy (non-hydrogen) atoms. The molecule has 0 spiro atoms. The fourth-order valence-corrected chi connectivity index (χ4v) is 3.66. The Hall–Kier alpha value is -5.26. The summed E-state index contributed by atoms with van der Waals surface area (Å²) in [6, 6.07) is 24.7. The molecule has 4 aromatic rings. The molecule has 0 aromatic heterocycles. The Morgan fingerprint density at radius 1 is 0.488 bits per heavy atom. The van der Waals surface area contributed by atoms with Gasteiger partial charge in [0.25, 0.3) is 11.8 Å². The summed E-state index contributed by atoms with van der Waals surface area (Å²) in [7, 11) is 0. The minimum atomic E-state index is -0.642.